The molecule has 2 N–H and O–H groups in total. The largest absolute Gasteiger partial charge is 0.516 e. The molecule has 24 heavy (non-hydrogen) atoms. The van der Waals surface area contributed by atoms with Crippen LogP contribution < -0.4 is 5.32 Å². The average Bonchev–Trinajstić information content (AvgIpc) is 2.41. The van der Waals surface area contributed by atoms with Gasteiger partial charge in [0.25, 0.3) is 0 Å². The van der Waals surface area contributed by atoms with E-state index >= 15 is 0 Å². The molecule has 10 nitrogen and oxygen atoms in total. The number of carboxylic acid groups (broad SMARTS) is 1. The Morgan fingerprint density at radius 2 is 1.62 bits per heavy atom. The number of carbonyl (C=O) groups is 5. The first-order valence-corrected chi connectivity index (χ1v) is 7.03. The van der Waals surface area contributed by atoms with Gasteiger partial charge in [0.05, 0.1) is 6.61 Å². The zero-order chi connectivity index (χ0) is 19.1. The van der Waals surface area contributed by atoms with Crippen molar-refractivity contribution >= 4 is 30.0 Å². The Morgan fingerprint density at radius 1 is 1.08 bits per heavy atom. The molecule has 0 fully saturated rings. The van der Waals surface area contributed by atoms with Gasteiger partial charge in [-0.15, -0.1) is 0 Å². The second-order valence-electron chi connectivity index (χ2n) is 5.64. The lowest BCUT2D eigenvalue weighted by Gasteiger charge is -2.20. The van der Waals surface area contributed by atoms with Crippen LogP contribution in [0.5, 0.6) is 0 Å². The molecule has 0 saturated heterocycles. The van der Waals surface area contributed by atoms with Crippen LogP contribution in [0.15, 0.2) is 0 Å². The maximum absolute atomic E-state index is 11.9. The van der Waals surface area contributed by atoms with Crippen LogP contribution in [0.2, 0.25) is 0 Å². The number of ether oxygens (including phenoxy) is 3. The number of hydrogen-bond donors (Lipinski definition) is 2. The van der Waals surface area contributed by atoms with Gasteiger partial charge in [-0.05, 0) is 34.6 Å². The summed E-state index contributed by atoms with van der Waals surface area (Å²) < 4.78 is 13.7. The van der Waals surface area contributed by atoms with Gasteiger partial charge in [-0.2, -0.15) is 0 Å². The van der Waals surface area contributed by atoms with E-state index in [9.17, 15) is 24.0 Å². The van der Waals surface area contributed by atoms with E-state index in [4.69, 9.17) is 9.84 Å². The van der Waals surface area contributed by atoms with Gasteiger partial charge in [-0.3, -0.25) is 9.59 Å². The van der Waals surface area contributed by atoms with E-state index in [1.807, 2.05) is 5.32 Å². The SMILES string of the molecule is CCOC(=O)C(NC(=O)C(C)C(=O)O)C(=O)OC(=O)OC(C)(C)C. The predicted octanol–water partition coefficient (Wildman–Crippen LogP) is 0.233. The Labute approximate surface area is 138 Å². The van der Waals surface area contributed by atoms with E-state index in [1.165, 1.54) is 27.7 Å². The molecule has 0 heterocycles. The predicted molar refractivity (Wildman–Crippen MR) is 77.7 cm³/mol. The summed E-state index contributed by atoms with van der Waals surface area (Å²) in [6, 6.07) is -1.99. The normalized spacial score (nSPS) is 13.2. The van der Waals surface area contributed by atoms with Crippen molar-refractivity contribution < 1.29 is 43.3 Å². The molecule has 2 unspecified atom stereocenters. The number of carbonyl (C=O) groups excluding carboxylic acids is 4. The maximum Gasteiger partial charge on any atom is 0.516 e. The average molecular weight is 347 g/mol. The molecule has 0 aliphatic heterocycles. The van der Waals surface area contributed by atoms with Gasteiger partial charge in [0, 0.05) is 0 Å². The first kappa shape index (κ1) is 21.4. The molecule has 136 valence electrons. The van der Waals surface area contributed by atoms with E-state index in [0.29, 0.717) is 0 Å². The number of nitrogens with one attached hydrogen (secondary N) is 1. The Balaban J connectivity index is 5.10. The van der Waals surface area contributed by atoms with Gasteiger partial charge in [0.15, 0.2) is 0 Å². The van der Waals surface area contributed by atoms with Crippen LogP contribution in [-0.4, -0.2) is 53.3 Å². The summed E-state index contributed by atoms with van der Waals surface area (Å²) in [7, 11) is 0. The van der Waals surface area contributed by atoms with E-state index in [1.54, 1.807) is 0 Å². The smallest absolute Gasteiger partial charge is 0.481 e. The highest BCUT2D eigenvalue weighted by Crippen LogP contribution is 2.09. The zero-order valence-corrected chi connectivity index (χ0v) is 14.1. The molecule has 0 aliphatic rings. The van der Waals surface area contributed by atoms with Crippen LogP contribution in [0.25, 0.3) is 0 Å². The molecule has 1 amide bonds. The summed E-state index contributed by atoms with van der Waals surface area (Å²) in [5, 5.41) is 10.6. The Morgan fingerprint density at radius 3 is 2.04 bits per heavy atom. The van der Waals surface area contributed by atoms with Crippen molar-refractivity contribution in [2.24, 2.45) is 5.92 Å². The van der Waals surface area contributed by atoms with Crippen molar-refractivity contribution in [3.63, 3.8) is 0 Å². The van der Waals surface area contributed by atoms with Gasteiger partial charge in [-0.25, -0.2) is 14.4 Å². The third-order valence-electron chi connectivity index (χ3n) is 2.38. The molecule has 0 aromatic carbocycles. The topological polar surface area (TPSA) is 145 Å². The van der Waals surface area contributed by atoms with Gasteiger partial charge in [0.1, 0.15) is 11.5 Å². The number of aliphatic carboxylic acids is 1. The molecular weight excluding hydrogens is 326 g/mol. The van der Waals surface area contributed by atoms with Crippen LogP contribution in [-0.2, 0) is 33.4 Å². The standard InChI is InChI=1S/C14H21NO9/c1-6-22-11(19)8(15-9(16)7(2)10(17)18)12(20)23-13(21)24-14(3,4)5/h7-8H,6H2,1-5H3,(H,15,16)(H,17,18). The monoisotopic (exact) mass is 347 g/mol. The van der Waals surface area contributed by atoms with Crippen LogP contribution in [0.4, 0.5) is 4.79 Å². The summed E-state index contributed by atoms with van der Waals surface area (Å²) in [4.78, 5) is 57.6. The van der Waals surface area contributed by atoms with Gasteiger partial charge in [0.2, 0.25) is 11.9 Å². The van der Waals surface area contributed by atoms with E-state index in [0.717, 1.165) is 6.92 Å². The second-order valence-corrected chi connectivity index (χ2v) is 5.64. The fourth-order valence-corrected chi connectivity index (χ4v) is 1.23. The Bertz CT molecular complexity index is 521. The summed E-state index contributed by atoms with van der Waals surface area (Å²) >= 11 is 0. The van der Waals surface area contributed by atoms with E-state index in [-0.39, 0.29) is 6.61 Å². The molecule has 0 saturated carbocycles. The molecule has 0 aromatic heterocycles. The molecule has 0 aliphatic carbocycles. The van der Waals surface area contributed by atoms with E-state index in [2.05, 4.69) is 9.47 Å². The lowest BCUT2D eigenvalue weighted by molar-refractivity contribution is -0.160. The van der Waals surface area contributed by atoms with Gasteiger partial charge < -0.3 is 24.6 Å². The van der Waals surface area contributed by atoms with Crippen LogP contribution in [0.1, 0.15) is 34.6 Å². The molecule has 2 atom stereocenters. The first-order chi connectivity index (χ1) is 10.9. The molecule has 0 bridgehead atoms. The van der Waals surface area contributed by atoms with Gasteiger partial charge in [-0.1, -0.05) is 0 Å². The van der Waals surface area contributed by atoms with Crippen LogP contribution >= 0.6 is 0 Å². The van der Waals surface area contributed by atoms with Crippen molar-refractivity contribution in [3.8, 4) is 0 Å². The van der Waals surface area contributed by atoms with Crippen LogP contribution in [0.3, 0.4) is 0 Å². The molecule has 0 radical (unpaired) electrons. The van der Waals surface area contributed by atoms with Crippen molar-refractivity contribution in [1.82, 2.24) is 5.32 Å². The van der Waals surface area contributed by atoms with Crippen molar-refractivity contribution in [2.75, 3.05) is 6.61 Å². The lowest BCUT2D eigenvalue weighted by Crippen LogP contribution is -2.51. The summed E-state index contributed by atoms with van der Waals surface area (Å²) in [6.45, 7) is 6.97. The highest BCUT2D eigenvalue weighted by Gasteiger charge is 2.36. The quantitative estimate of drug-likeness (QED) is 0.509. The van der Waals surface area contributed by atoms with Crippen molar-refractivity contribution in [2.45, 2.75) is 46.3 Å². The number of amides is 1. The van der Waals surface area contributed by atoms with Gasteiger partial charge >= 0.3 is 24.1 Å². The highest BCUT2D eigenvalue weighted by atomic mass is 16.7. The third-order valence-corrected chi connectivity index (χ3v) is 2.38. The summed E-state index contributed by atoms with van der Waals surface area (Å²) in [5.41, 5.74) is -0.947. The molecular formula is C14H21NO9. The fraction of sp³-hybridized carbons (Fsp3) is 0.643. The minimum absolute atomic E-state index is 0.112. The number of carboxylic acids is 1. The van der Waals surface area contributed by atoms with E-state index < -0.39 is 47.5 Å². The summed E-state index contributed by atoms with van der Waals surface area (Å²) in [5.74, 6) is -6.76. The lowest BCUT2D eigenvalue weighted by atomic mass is 10.1. The molecule has 0 aromatic rings. The fourth-order valence-electron chi connectivity index (χ4n) is 1.23. The van der Waals surface area contributed by atoms with Crippen molar-refractivity contribution in [3.05, 3.63) is 0 Å². The Hall–Kier alpha value is -2.65. The highest BCUT2D eigenvalue weighted by molar-refractivity contribution is 6.07. The van der Waals surface area contributed by atoms with Crippen molar-refractivity contribution in [1.29, 1.82) is 0 Å². The second kappa shape index (κ2) is 8.85. The minimum atomic E-state index is -1.99. The summed E-state index contributed by atoms with van der Waals surface area (Å²) in [6.07, 6.45) is -1.37. The third kappa shape index (κ3) is 7.56. The molecule has 0 spiro atoms. The van der Waals surface area contributed by atoms with Crippen LogP contribution in [0, 0.1) is 5.92 Å². The zero-order valence-electron chi connectivity index (χ0n) is 14.1. The number of esters is 2. The minimum Gasteiger partial charge on any atom is -0.481 e. The Kier molecular flexibility index (Phi) is 7.87. The number of hydrogen-bond acceptors (Lipinski definition) is 8. The number of rotatable bonds is 6. The molecule has 10 heteroatoms. The molecule has 0 rings (SSSR count). The first-order valence-electron chi connectivity index (χ1n) is 7.03. The maximum atomic E-state index is 11.9.